The lowest BCUT2D eigenvalue weighted by atomic mass is 10.2. The SMILES string of the molecule is CCC(Sc1c(=O)o[nH][n+]1C)C(=O)Nc1ccc(OC)cc1. The molecular formula is C14H18N3O4S+. The third kappa shape index (κ3) is 3.70. The lowest BCUT2D eigenvalue weighted by molar-refractivity contribution is -0.772. The normalized spacial score (nSPS) is 12.0. The summed E-state index contributed by atoms with van der Waals surface area (Å²) >= 11 is 1.17. The van der Waals surface area contributed by atoms with Crippen molar-refractivity contribution in [3.05, 3.63) is 34.7 Å². The number of carbonyl (C=O) groups is 1. The molecule has 0 radical (unpaired) electrons. The molecule has 1 aromatic heterocycles. The first kappa shape index (κ1) is 16.2. The van der Waals surface area contributed by atoms with Gasteiger partial charge in [-0.1, -0.05) is 11.6 Å². The number of ether oxygens (including phenoxy) is 1. The first-order valence-corrected chi connectivity index (χ1v) is 7.62. The van der Waals surface area contributed by atoms with Gasteiger partial charge in [-0.05, 0) is 47.7 Å². The van der Waals surface area contributed by atoms with Crippen LogP contribution in [0, 0.1) is 0 Å². The molecule has 0 saturated heterocycles. The highest BCUT2D eigenvalue weighted by molar-refractivity contribution is 8.00. The van der Waals surface area contributed by atoms with Crippen LogP contribution in [-0.2, 0) is 11.8 Å². The minimum atomic E-state index is -0.483. The third-order valence-electron chi connectivity index (χ3n) is 3.03. The van der Waals surface area contributed by atoms with E-state index in [1.165, 1.54) is 16.4 Å². The maximum atomic E-state index is 12.3. The summed E-state index contributed by atoms with van der Waals surface area (Å²) in [6.07, 6.45) is 0.581. The van der Waals surface area contributed by atoms with Gasteiger partial charge in [0.25, 0.3) is 0 Å². The minimum absolute atomic E-state index is 0.168. The Morgan fingerprint density at radius 2 is 2.14 bits per heavy atom. The zero-order valence-corrected chi connectivity index (χ0v) is 13.4. The van der Waals surface area contributed by atoms with Gasteiger partial charge in [0.15, 0.2) is 7.05 Å². The van der Waals surface area contributed by atoms with Gasteiger partial charge in [-0.15, -0.1) is 0 Å². The number of anilines is 1. The predicted octanol–water partition coefficient (Wildman–Crippen LogP) is 1.31. The van der Waals surface area contributed by atoms with Gasteiger partial charge in [0.1, 0.15) is 5.75 Å². The van der Waals surface area contributed by atoms with E-state index in [1.54, 1.807) is 38.4 Å². The Hall–Kier alpha value is -2.22. The van der Waals surface area contributed by atoms with Crippen LogP contribution in [0.3, 0.4) is 0 Å². The Labute approximate surface area is 131 Å². The summed E-state index contributed by atoms with van der Waals surface area (Å²) < 4.78 is 11.2. The number of aryl methyl sites for hydroxylation is 1. The number of nitrogens with zero attached hydrogens (tertiary/aromatic N) is 1. The average molecular weight is 324 g/mol. The highest BCUT2D eigenvalue weighted by Gasteiger charge is 2.27. The van der Waals surface area contributed by atoms with Crippen LogP contribution < -0.4 is 20.4 Å². The molecule has 1 heterocycles. The molecule has 0 aliphatic carbocycles. The van der Waals surface area contributed by atoms with E-state index in [2.05, 4.69) is 15.1 Å². The summed E-state index contributed by atoms with van der Waals surface area (Å²) in [6.45, 7) is 1.89. The smallest absolute Gasteiger partial charge is 0.441 e. The molecule has 2 rings (SSSR count). The van der Waals surface area contributed by atoms with E-state index >= 15 is 0 Å². The van der Waals surface area contributed by atoms with Crippen LogP contribution in [0.2, 0.25) is 0 Å². The number of thioether (sulfide) groups is 1. The Balaban J connectivity index is 2.06. The maximum Gasteiger partial charge on any atom is 0.441 e. The molecule has 22 heavy (non-hydrogen) atoms. The monoisotopic (exact) mass is 324 g/mol. The number of amides is 1. The van der Waals surface area contributed by atoms with E-state index in [4.69, 9.17) is 4.74 Å². The molecule has 0 fully saturated rings. The fourth-order valence-electron chi connectivity index (χ4n) is 1.81. The number of aromatic amines is 1. The summed E-state index contributed by atoms with van der Waals surface area (Å²) in [6, 6.07) is 7.06. The van der Waals surface area contributed by atoms with Crippen molar-refractivity contribution in [3.63, 3.8) is 0 Å². The molecule has 1 aromatic carbocycles. The number of carbonyl (C=O) groups excluding carboxylic acids is 1. The van der Waals surface area contributed by atoms with Gasteiger partial charge >= 0.3 is 10.7 Å². The molecule has 0 spiro atoms. The van der Waals surface area contributed by atoms with Gasteiger partial charge < -0.3 is 10.1 Å². The van der Waals surface area contributed by atoms with Crippen LogP contribution in [-0.4, -0.2) is 23.5 Å². The zero-order chi connectivity index (χ0) is 16.1. The molecule has 0 aliphatic rings. The quantitative estimate of drug-likeness (QED) is 0.618. The fourth-order valence-corrected chi connectivity index (χ4v) is 2.75. The van der Waals surface area contributed by atoms with Gasteiger partial charge in [0.05, 0.1) is 12.4 Å². The van der Waals surface area contributed by atoms with Crippen molar-refractivity contribution in [3.8, 4) is 5.75 Å². The number of hydrogen-bond donors (Lipinski definition) is 2. The summed E-state index contributed by atoms with van der Waals surface area (Å²) in [5.41, 5.74) is 0.193. The molecule has 0 saturated carbocycles. The van der Waals surface area contributed by atoms with Crippen LogP contribution in [0.5, 0.6) is 5.75 Å². The van der Waals surface area contributed by atoms with Gasteiger partial charge in [0, 0.05) is 5.69 Å². The molecule has 7 nitrogen and oxygen atoms in total. The number of H-pyrrole nitrogens is 1. The van der Waals surface area contributed by atoms with E-state index in [9.17, 15) is 9.59 Å². The number of nitrogens with one attached hydrogen (secondary N) is 2. The summed E-state index contributed by atoms with van der Waals surface area (Å²) in [5.74, 6) is 0.551. The standard InChI is InChI=1S/C14H17N3O4S/c1-4-11(22-13-14(19)21-16-17(13)2)12(18)15-9-5-7-10(20-3)8-6-9/h5-8,11H,4H2,1-3H3,(H-,15,16,18,19)/p+1. The third-order valence-corrected chi connectivity index (χ3v) is 4.52. The van der Waals surface area contributed by atoms with Crippen LogP contribution in [0.25, 0.3) is 0 Å². The van der Waals surface area contributed by atoms with Gasteiger partial charge in [-0.25, -0.2) is 4.79 Å². The average Bonchev–Trinajstić information content (AvgIpc) is 2.84. The highest BCUT2D eigenvalue weighted by Crippen LogP contribution is 2.22. The molecule has 0 bridgehead atoms. The molecular weight excluding hydrogens is 306 g/mol. The van der Waals surface area contributed by atoms with Crippen LogP contribution >= 0.6 is 11.8 Å². The first-order chi connectivity index (χ1) is 10.5. The van der Waals surface area contributed by atoms with Crippen molar-refractivity contribution in [1.82, 2.24) is 5.27 Å². The molecule has 118 valence electrons. The predicted molar refractivity (Wildman–Crippen MR) is 82.1 cm³/mol. The Morgan fingerprint density at radius 1 is 1.45 bits per heavy atom. The molecule has 1 atom stereocenters. The number of aromatic nitrogens is 2. The van der Waals surface area contributed by atoms with Crippen molar-refractivity contribution in [2.45, 2.75) is 23.6 Å². The van der Waals surface area contributed by atoms with E-state index in [0.717, 1.165) is 5.75 Å². The minimum Gasteiger partial charge on any atom is -0.497 e. The number of benzene rings is 1. The Morgan fingerprint density at radius 3 is 2.64 bits per heavy atom. The Bertz CT molecular complexity index is 693. The summed E-state index contributed by atoms with van der Waals surface area (Å²) in [7, 11) is 3.24. The van der Waals surface area contributed by atoms with Gasteiger partial charge in [-0.3, -0.25) is 9.32 Å². The van der Waals surface area contributed by atoms with E-state index in [1.807, 2.05) is 6.92 Å². The van der Waals surface area contributed by atoms with Crippen molar-refractivity contribution in [1.29, 1.82) is 0 Å². The van der Waals surface area contributed by atoms with Crippen LogP contribution in [0.15, 0.2) is 38.6 Å². The van der Waals surface area contributed by atoms with Gasteiger partial charge in [-0.2, -0.15) is 0 Å². The summed E-state index contributed by atoms with van der Waals surface area (Å²) in [4.78, 5) is 23.9. The second-order valence-corrected chi connectivity index (χ2v) is 5.77. The van der Waals surface area contributed by atoms with E-state index in [-0.39, 0.29) is 5.91 Å². The lowest BCUT2D eigenvalue weighted by Gasteiger charge is -2.12. The summed E-state index contributed by atoms with van der Waals surface area (Å²) in [5, 5.41) is 5.22. The van der Waals surface area contributed by atoms with E-state index < -0.39 is 10.9 Å². The van der Waals surface area contributed by atoms with Gasteiger partial charge in [0.2, 0.25) is 5.91 Å². The first-order valence-electron chi connectivity index (χ1n) is 6.74. The second-order valence-electron chi connectivity index (χ2n) is 4.58. The molecule has 1 unspecified atom stereocenters. The number of rotatable bonds is 6. The molecule has 2 N–H and O–H groups in total. The van der Waals surface area contributed by atoms with E-state index in [0.29, 0.717) is 17.1 Å². The second kappa shape index (κ2) is 7.17. The zero-order valence-electron chi connectivity index (χ0n) is 12.6. The Kier molecular flexibility index (Phi) is 5.26. The van der Waals surface area contributed by atoms with Crippen molar-refractivity contribution < 1.29 is 18.7 Å². The molecule has 8 heteroatoms. The topological polar surface area (TPSA) is 88.2 Å². The molecule has 1 amide bonds. The van der Waals surface area contributed by atoms with Crippen LogP contribution in [0.1, 0.15) is 13.3 Å². The fraction of sp³-hybridized carbons (Fsp3) is 0.357. The van der Waals surface area contributed by atoms with Crippen molar-refractivity contribution in [2.24, 2.45) is 7.05 Å². The molecule has 0 aliphatic heterocycles. The van der Waals surface area contributed by atoms with Crippen molar-refractivity contribution >= 4 is 23.4 Å². The number of methoxy groups -OCH3 is 1. The largest absolute Gasteiger partial charge is 0.497 e. The highest BCUT2D eigenvalue weighted by atomic mass is 32.2. The lowest BCUT2D eigenvalue weighted by Crippen LogP contribution is -2.35. The van der Waals surface area contributed by atoms with Crippen LogP contribution in [0.4, 0.5) is 5.69 Å². The van der Waals surface area contributed by atoms with Crippen molar-refractivity contribution in [2.75, 3.05) is 12.4 Å². The maximum absolute atomic E-state index is 12.3. The molecule has 2 aromatic rings. The number of hydrogen-bond acceptors (Lipinski definition) is 5.